The first-order chi connectivity index (χ1) is 18.3. The molecule has 2 aliphatic carbocycles. The van der Waals surface area contributed by atoms with E-state index in [1.165, 1.54) is 110 Å². The van der Waals surface area contributed by atoms with Crippen molar-refractivity contribution < 1.29 is 9.14 Å². The number of benzene rings is 1. The van der Waals surface area contributed by atoms with E-state index in [1.54, 1.807) is 0 Å². The average Bonchev–Trinajstić information content (AvgIpc) is 2.91. The van der Waals surface area contributed by atoms with Crippen LogP contribution in [0.15, 0.2) is 54.5 Å². The molecule has 5 rings (SSSR count). The molecular weight excluding hydrogens is 462 g/mol. The van der Waals surface area contributed by atoms with E-state index >= 15 is 0 Å². The Labute approximate surface area is 231 Å². The van der Waals surface area contributed by atoms with Crippen LogP contribution in [0.1, 0.15) is 109 Å². The molecule has 2 unspecified atom stereocenters. The lowest BCUT2D eigenvalue weighted by Crippen LogP contribution is -2.51. The normalized spacial score (nSPS) is 26.5. The first-order valence-corrected chi connectivity index (χ1v) is 15.5. The Hall–Kier alpha value is -2.42. The summed E-state index contributed by atoms with van der Waals surface area (Å²) in [7, 11) is 0. The van der Waals surface area contributed by atoms with E-state index < -0.39 is 0 Å². The van der Waals surface area contributed by atoms with E-state index in [-0.39, 0.29) is 6.04 Å². The van der Waals surface area contributed by atoms with Gasteiger partial charge in [0.2, 0.25) is 6.04 Å². The fourth-order valence-corrected chi connectivity index (χ4v) is 7.85. The lowest BCUT2D eigenvalue weighted by Gasteiger charge is -2.40. The zero-order valence-corrected chi connectivity index (χ0v) is 24.8. The summed E-state index contributed by atoms with van der Waals surface area (Å²) in [5, 5.41) is 2.70. The summed E-state index contributed by atoms with van der Waals surface area (Å²) in [6.45, 7) is 17.8. The lowest BCUT2D eigenvalue weighted by atomic mass is 9.88. The Bertz CT molecular complexity index is 1220. The van der Waals surface area contributed by atoms with Gasteiger partial charge in [-0.05, 0) is 51.0 Å². The predicted octanol–water partition coefficient (Wildman–Crippen LogP) is 8.18. The molecule has 0 amide bonds. The minimum atomic E-state index is 0.248. The van der Waals surface area contributed by atoms with Crippen LogP contribution in [0.4, 0.5) is 0 Å². The highest BCUT2D eigenvalue weighted by molar-refractivity contribution is 5.89. The second kappa shape index (κ2) is 11.8. The second-order valence-electron chi connectivity index (χ2n) is 12.7. The zero-order chi connectivity index (χ0) is 26.8. The Morgan fingerprint density at radius 1 is 0.842 bits per heavy atom. The van der Waals surface area contributed by atoms with Crippen molar-refractivity contribution in [2.24, 2.45) is 5.92 Å². The van der Waals surface area contributed by atoms with Crippen molar-refractivity contribution >= 4 is 16.5 Å². The van der Waals surface area contributed by atoms with E-state index in [2.05, 4.69) is 85.2 Å². The molecule has 204 valence electrons. The number of fused-ring (bicyclic) bond motifs is 1. The largest absolute Gasteiger partial charge is 0.340 e. The van der Waals surface area contributed by atoms with Crippen molar-refractivity contribution in [1.82, 2.24) is 4.90 Å². The van der Waals surface area contributed by atoms with Gasteiger partial charge in [-0.3, -0.25) is 0 Å². The topological polar surface area (TPSA) is 10.1 Å². The molecule has 3 heteroatoms. The van der Waals surface area contributed by atoms with E-state index in [4.69, 9.17) is 6.58 Å². The maximum atomic E-state index is 4.91. The fourth-order valence-electron chi connectivity index (χ4n) is 7.85. The van der Waals surface area contributed by atoms with E-state index in [0.29, 0.717) is 18.0 Å². The van der Waals surface area contributed by atoms with Gasteiger partial charge in [-0.15, -0.1) is 0 Å². The SMILES string of the molecule is C=C1C([n+]2ccc3cc(C)ccc3c2C)C(C)CC[N+](C2CCCCC2)=C(C)/C=C(/C)N1C1CCCCC1. The average molecular weight is 514 g/mol. The number of rotatable bonds is 3. The van der Waals surface area contributed by atoms with Gasteiger partial charge >= 0.3 is 0 Å². The van der Waals surface area contributed by atoms with Crippen LogP contribution < -0.4 is 4.57 Å². The molecule has 0 bridgehead atoms. The molecular formula is C35H51N3+2. The fraction of sp³-hybridized carbons (Fsp3) is 0.600. The van der Waals surface area contributed by atoms with Crippen molar-refractivity contribution in [3.05, 3.63) is 65.8 Å². The third-order valence-corrected chi connectivity index (χ3v) is 9.92. The molecule has 2 aromatic rings. The monoisotopic (exact) mass is 513 g/mol. The van der Waals surface area contributed by atoms with Gasteiger partial charge in [0, 0.05) is 68.3 Å². The number of aryl methyl sites for hydroxylation is 2. The zero-order valence-electron chi connectivity index (χ0n) is 24.8. The minimum absolute atomic E-state index is 0.248. The van der Waals surface area contributed by atoms with Crippen molar-refractivity contribution in [3.8, 4) is 0 Å². The Morgan fingerprint density at radius 3 is 2.24 bits per heavy atom. The van der Waals surface area contributed by atoms with Gasteiger partial charge in [-0.1, -0.05) is 56.9 Å². The number of allylic oxidation sites excluding steroid dienone is 3. The van der Waals surface area contributed by atoms with Crippen LogP contribution in [-0.2, 0) is 0 Å². The summed E-state index contributed by atoms with van der Waals surface area (Å²) >= 11 is 0. The van der Waals surface area contributed by atoms with Crippen molar-refractivity contribution in [2.45, 2.75) is 123 Å². The molecule has 2 heterocycles. The van der Waals surface area contributed by atoms with E-state index in [9.17, 15) is 0 Å². The molecule has 1 aromatic heterocycles. The van der Waals surface area contributed by atoms with Gasteiger partial charge in [0.25, 0.3) is 0 Å². The van der Waals surface area contributed by atoms with Crippen molar-refractivity contribution in [1.29, 1.82) is 0 Å². The maximum absolute atomic E-state index is 4.91. The van der Waals surface area contributed by atoms with Crippen LogP contribution in [0, 0.1) is 19.8 Å². The van der Waals surface area contributed by atoms with Gasteiger partial charge in [-0.25, -0.2) is 4.58 Å². The standard InChI is InChI=1S/C35H51N3/c1-25-17-18-34-29(5)37(22-20-31(34)23-25)35-26(2)19-21-36(32-13-9-7-10-14-32)27(3)24-28(4)38(30(35)6)33-15-11-8-12-16-33/h17-18,20,22-24,26,32-33,35H,6-16,19,21H2,1-5H3/q+2. The summed E-state index contributed by atoms with van der Waals surface area (Å²) < 4.78 is 5.35. The highest BCUT2D eigenvalue weighted by Gasteiger charge is 2.39. The lowest BCUT2D eigenvalue weighted by molar-refractivity contribution is -0.727. The summed E-state index contributed by atoms with van der Waals surface area (Å²) in [6.07, 6.45) is 19.5. The highest BCUT2D eigenvalue weighted by Crippen LogP contribution is 2.36. The summed E-state index contributed by atoms with van der Waals surface area (Å²) in [5.74, 6) is 0.491. The van der Waals surface area contributed by atoms with Crippen LogP contribution in [0.25, 0.3) is 10.8 Å². The van der Waals surface area contributed by atoms with Gasteiger partial charge in [0.05, 0.1) is 5.70 Å². The molecule has 2 saturated carbocycles. The first-order valence-electron chi connectivity index (χ1n) is 15.5. The second-order valence-corrected chi connectivity index (χ2v) is 12.7. The molecule has 3 aliphatic rings. The molecule has 0 N–H and O–H groups in total. The van der Waals surface area contributed by atoms with Crippen LogP contribution in [0.2, 0.25) is 0 Å². The molecule has 38 heavy (non-hydrogen) atoms. The summed E-state index contributed by atoms with van der Waals surface area (Å²) in [5.41, 5.74) is 6.81. The van der Waals surface area contributed by atoms with Crippen LogP contribution in [-0.4, -0.2) is 33.8 Å². The molecule has 0 spiro atoms. The van der Waals surface area contributed by atoms with Crippen LogP contribution >= 0.6 is 0 Å². The molecule has 2 fully saturated rings. The number of hydrogen-bond acceptors (Lipinski definition) is 1. The van der Waals surface area contributed by atoms with Crippen LogP contribution in [0.3, 0.4) is 0 Å². The van der Waals surface area contributed by atoms with E-state index in [0.717, 1.165) is 6.54 Å². The van der Waals surface area contributed by atoms with Gasteiger partial charge in [0.1, 0.15) is 6.54 Å². The molecule has 0 saturated heterocycles. The number of hydrogen-bond donors (Lipinski definition) is 0. The molecule has 2 atom stereocenters. The molecule has 0 radical (unpaired) electrons. The third-order valence-electron chi connectivity index (χ3n) is 9.92. The smallest absolute Gasteiger partial charge is 0.200 e. The number of aromatic nitrogens is 1. The van der Waals surface area contributed by atoms with Crippen LogP contribution in [0.5, 0.6) is 0 Å². The molecule has 1 aromatic carbocycles. The minimum Gasteiger partial charge on any atom is -0.340 e. The quantitative estimate of drug-likeness (QED) is 0.376. The molecule has 3 nitrogen and oxygen atoms in total. The Balaban J connectivity index is 1.61. The molecule has 1 aliphatic heterocycles. The van der Waals surface area contributed by atoms with Gasteiger partial charge in [-0.2, -0.15) is 4.57 Å². The Morgan fingerprint density at radius 2 is 1.53 bits per heavy atom. The first kappa shape index (κ1) is 27.2. The van der Waals surface area contributed by atoms with Gasteiger partial charge < -0.3 is 4.90 Å². The number of nitrogens with zero attached hydrogens (tertiary/aromatic N) is 3. The van der Waals surface area contributed by atoms with Gasteiger partial charge in [0.15, 0.2) is 23.6 Å². The summed E-state index contributed by atoms with van der Waals surface area (Å²) in [4.78, 5) is 2.68. The summed E-state index contributed by atoms with van der Waals surface area (Å²) in [6, 6.07) is 10.7. The van der Waals surface area contributed by atoms with E-state index in [1.807, 2.05) is 0 Å². The van der Waals surface area contributed by atoms with Crippen molar-refractivity contribution in [3.63, 3.8) is 0 Å². The number of pyridine rings is 1. The Kier molecular flexibility index (Phi) is 8.41. The predicted molar refractivity (Wildman–Crippen MR) is 161 cm³/mol. The third kappa shape index (κ3) is 5.49. The highest BCUT2D eigenvalue weighted by atomic mass is 15.2. The van der Waals surface area contributed by atoms with Crippen molar-refractivity contribution in [2.75, 3.05) is 6.54 Å². The maximum Gasteiger partial charge on any atom is 0.200 e.